The Morgan fingerprint density at radius 1 is 0.511 bits per heavy atom. The summed E-state index contributed by atoms with van der Waals surface area (Å²) in [5.41, 5.74) is 0. The first-order chi connectivity index (χ1) is 21.8. The summed E-state index contributed by atoms with van der Waals surface area (Å²) in [6, 6.07) is 0. The van der Waals surface area contributed by atoms with Crippen molar-refractivity contribution in [1.82, 2.24) is 0 Å². The second-order valence-corrected chi connectivity index (χ2v) is 13.7. The van der Waals surface area contributed by atoms with Gasteiger partial charge in [0.05, 0.1) is 26.4 Å². The van der Waals surface area contributed by atoms with Crippen LogP contribution in [0.3, 0.4) is 0 Å². The summed E-state index contributed by atoms with van der Waals surface area (Å²) in [4.78, 5) is 33.8. The number of carbonyl (C=O) groups excluding carboxylic acids is 2. The van der Waals surface area contributed by atoms with Crippen LogP contribution in [0.4, 0.5) is 0 Å². The molecular formula is C34H67O10P. The topological polar surface area (TPSA) is 149 Å². The smallest absolute Gasteiger partial charge is 0.457 e. The van der Waals surface area contributed by atoms with Crippen LogP contribution in [0.25, 0.3) is 0 Å². The molecule has 0 spiro atoms. The lowest BCUT2D eigenvalue weighted by molar-refractivity contribution is -0.153. The van der Waals surface area contributed by atoms with Gasteiger partial charge in [-0.25, -0.2) is 4.57 Å². The summed E-state index contributed by atoms with van der Waals surface area (Å²) < 4.78 is 32.0. The molecule has 3 unspecified atom stereocenters. The Hall–Kier alpha value is -1.03. The Morgan fingerprint density at radius 3 is 1.09 bits per heavy atom. The van der Waals surface area contributed by atoms with Crippen molar-refractivity contribution in [3.05, 3.63) is 0 Å². The fraction of sp³-hybridized carbons (Fsp3) is 0.941. The molecule has 0 aromatic rings. The van der Waals surface area contributed by atoms with Gasteiger partial charge in [0.25, 0.3) is 0 Å². The van der Waals surface area contributed by atoms with E-state index in [0.717, 1.165) is 32.1 Å². The van der Waals surface area contributed by atoms with Crippen molar-refractivity contribution in [2.24, 2.45) is 0 Å². The summed E-state index contributed by atoms with van der Waals surface area (Å²) in [7, 11) is -4.60. The summed E-state index contributed by atoms with van der Waals surface area (Å²) in [5, 5.41) is 18.9. The number of phosphoric ester groups is 1. The van der Waals surface area contributed by atoms with E-state index in [2.05, 4.69) is 6.92 Å². The molecule has 0 saturated heterocycles. The van der Waals surface area contributed by atoms with E-state index in [4.69, 9.17) is 18.5 Å². The molecule has 0 aliphatic heterocycles. The van der Waals surface area contributed by atoms with Crippen LogP contribution in [-0.2, 0) is 32.7 Å². The van der Waals surface area contributed by atoms with E-state index in [1.807, 2.05) is 6.92 Å². The Morgan fingerprint density at radius 2 is 0.778 bits per heavy atom. The summed E-state index contributed by atoms with van der Waals surface area (Å²) in [6.07, 6.45) is 24.8. The number of rotatable bonds is 34. The summed E-state index contributed by atoms with van der Waals surface area (Å²) in [6.45, 7) is 2.00. The van der Waals surface area contributed by atoms with Gasteiger partial charge in [-0.2, -0.15) is 0 Å². The predicted molar refractivity (Wildman–Crippen MR) is 178 cm³/mol. The third-order valence-corrected chi connectivity index (χ3v) is 8.77. The first kappa shape index (κ1) is 44.0. The number of hydrogen-bond donors (Lipinski definition) is 3. The van der Waals surface area contributed by atoms with Crippen LogP contribution in [0.2, 0.25) is 0 Å². The van der Waals surface area contributed by atoms with Crippen molar-refractivity contribution in [1.29, 1.82) is 0 Å². The normalized spacial score (nSPS) is 14.2. The number of esters is 2. The van der Waals surface area contributed by atoms with Crippen LogP contribution in [-0.4, -0.2) is 65.7 Å². The lowest BCUT2D eigenvalue weighted by Gasteiger charge is -2.20. The van der Waals surface area contributed by atoms with Crippen LogP contribution < -0.4 is 0 Å². The summed E-state index contributed by atoms with van der Waals surface area (Å²) in [5.74, 6) is -1.04. The molecule has 0 saturated carbocycles. The molecule has 0 heterocycles. The zero-order valence-corrected chi connectivity index (χ0v) is 29.5. The van der Waals surface area contributed by atoms with E-state index < -0.39 is 58.4 Å². The monoisotopic (exact) mass is 666 g/mol. The highest BCUT2D eigenvalue weighted by Crippen LogP contribution is 2.43. The van der Waals surface area contributed by atoms with Gasteiger partial charge in [0.2, 0.25) is 0 Å². The molecule has 45 heavy (non-hydrogen) atoms. The average Bonchev–Trinajstić information content (AvgIpc) is 3.02. The maximum absolute atomic E-state index is 12.2. The van der Waals surface area contributed by atoms with Gasteiger partial charge in [0.15, 0.2) is 0 Å². The minimum absolute atomic E-state index is 0.181. The number of carbonyl (C=O) groups is 2. The van der Waals surface area contributed by atoms with Gasteiger partial charge >= 0.3 is 19.8 Å². The quantitative estimate of drug-likeness (QED) is 0.0348. The molecule has 10 nitrogen and oxygen atoms in total. The van der Waals surface area contributed by atoms with E-state index in [-0.39, 0.29) is 12.8 Å². The van der Waals surface area contributed by atoms with Crippen LogP contribution in [0, 0.1) is 0 Å². The van der Waals surface area contributed by atoms with Crippen LogP contribution in [0.5, 0.6) is 0 Å². The molecule has 0 amide bonds. The number of aliphatic hydroxyl groups is 2. The van der Waals surface area contributed by atoms with Crippen molar-refractivity contribution >= 4 is 19.8 Å². The van der Waals surface area contributed by atoms with E-state index >= 15 is 0 Å². The highest BCUT2D eigenvalue weighted by molar-refractivity contribution is 7.47. The maximum Gasteiger partial charge on any atom is 0.472 e. The van der Waals surface area contributed by atoms with Gasteiger partial charge in [-0.05, 0) is 12.8 Å². The molecule has 3 N–H and O–H groups in total. The summed E-state index contributed by atoms with van der Waals surface area (Å²) >= 11 is 0. The molecule has 0 rings (SSSR count). The second-order valence-electron chi connectivity index (χ2n) is 12.2. The van der Waals surface area contributed by atoms with Gasteiger partial charge in [0.1, 0.15) is 12.2 Å². The second kappa shape index (κ2) is 31.6. The fourth-order valence-electron chi connectivity index (χ4n) is 5.00. The van der Waals surface area contributed by atoms with Crippen molar-refractivity contribution in [2.45, 2.75) is 180 Å². The number of phosphoric acid groups is 1. The number of hydrogen-bond acceptors (Lipinski definition) is 9. The van der Waals surface area contributed by atoms with E-state index in [1.165, 1.54) is 96.3 Å². The lowest BCUT2D eigenvalue weighted by atomic mass is 10.0. The maximum atomic E-state index is 12.2. The van der Waals surface area contributed by atoms with Crippen molar-refractivity contribution in [3.8, 4) is 0 Å². The molecule has 0 bridgehead atoms. The predicted octanol–water partition coefficient (Wildman–Crippen LogP) is 8.33. The molecule has 0 fully saturated rings. The SMILES string of the molecule is CCCCCCCCCCCCCCCCCCCCCC(=O)OC(CO)COP(=O)(O)OCC(CO)OC(=O)CCCCC. The van der Waals surface area contributed by atoms with Crippen molar-refractivity contribution in [3.63, 3.8) is 0 Å². The highest BCUT2D eigenvalue weighted by atomic mass is 31.2. The van der Waals surface area contributed by atoms with Crippen molar-refractivity contribution < 1.29 is 47.8 Å². The molecule has 0 radical (unpaired) electrons. The third kappa shape index (κ3) is 30.1. The van der Waals surface area contributed by atoms with E-state index in [0.29, 0.717) is 12.8 Å². The zero-order valence-electron chi connectivity index (χ0n) is 28.6. The molecule has 0 aromatic carbocycles. The molecule has 11 heteroatoms. The number of ether oxygens (including phenoxy) is 2. The molecule has 0 aliphatic rings. The van der Waals surface area contributed by atoms with Gasteiger partial charge in [-0.15, -0.1) is 0 Å². The largest absolute Gasteiger partial charge is 0.472 e. The zero-order chi connectivity index (χ0) is 33.4. The Labute approximate surface area is 273 Å². The standard InChI is InChI=1S/C34H67O10P/c1-3-5-7-8-9-10-11-12-13-14-15-16-17-18-19-20-21-22-24-26-34(38)44-32(28-36)30-42-45(39,40)41-29-31(27-35)43-33(37)25-23-6-4-2/h31-32,35-36H,3-30H2,1-2H3,(H,39,40). The van der Waals surface area contributed by atoms with Crippen LogP contribution in [0.1, 0.15) is 168 Å². The van der Waals surface area contributed by atoms with Crippen LogP contribution >= 0.6 is 7.82 Å². The Bertz CT molecular complexity index is 736. The molecule has 0 aliphatic carbocycles. The number of unbranched alkanes of at least 4 members (excludes halogenated alkanes) is 20. The third-order valence-electron chi connectivity index (χ3n) is 7.82. The Kier molecular flexibility index (Phi) is 30.8. The number of aliphatic hydroxyl groups excluding tert-OH is 2. The van der Waals surface area contributed by atoms with Crippen LogP contribution in [0.15, 0.2) is 0 Å². The minimum Gasteiger partial charge on any atom is -0.457 e. The molecule has 3 atom stereocenters. The van der Waals surface area contributed by atoms with Gasteiger partial charge in [-0.1, -0.05) is 142 Å². The molecule has 0 aromatic heterocycles. The highest BCUT2D eigenvalue weighted by Gasteiger charge is 2.27. The van der Waals surface area contributed by atoms with E-state index in [9.17, 15) is 29.3 Å². The average molecular weight is 667 g/mol. The Balaban J connectivity index is 3.79. The minimum atomic E-state index is -4.60. The van der Waals surface area contributed by atoms with E-state index in [1.54, 1.807) is 0 Å². The van der Waals surface area contributed by atoms with Crippen molar-refractivity contribution in [2.75, 3.05) is 26.4 Å². The fourth-order valence-corrected chi connectivity index (χ4v) is 5.78. The van der Waals surface area contributed by atoms with Gasteiger partial charge in [-0.3, -0.25) is 18.6 Å². The van der Waals surface area contributed by atoms with Gasteiger partial charge < -0.3 is 24.6 Å². The molecule has 268 valence electrons. The van der Waals surface area contributed by atoms with Gasteiger partial charge in [0, 0.05) is 12.8 Å². The first-order valence-corrected chi connectivity index (χ1v) is 19.5. The lowest BCUT2D eigenvalue weighted by Crippen LogP contribution is -2.28. The molecular weight excluding hydrogens is 599 g/mol. The first-order valence-electron chi connectivity index (χ1n) is 18.0.